The Bertz CT molecular complexity index is 264. The van der Waals surface area contributed by atoms with E-state index in [1.807, 2.05) is 0 Å². The van der Waals surface area contributed by atoms with Crippen molar-refractivity contribution in [2.45, 2.75) is 18.0 Å². The molecule has 2 nitrogen and oxygen atoms in total. The van der Waals surface area contributed by atoms with E-state index < -0.39 is 30.5 Å². The van der Waals surface area contributed by atoms with E-state index in [1.54, 1.807) is 0 Å². The third kappa shape index (κ3) is 2.77. The Morgan fingerprint density at radius 2 is 1.50 bits per heavy atom. The van der Waals surface area contributed by atoms with Crippen LogP contribution < -0.4 is 5.32 Å². The topological polar surface area (TPSA) is 29.1 Å². The second-order valence-electron chi connectivity index (χ2n) is 2.59. The number of carbonyl (C=O) groups excluding carboxylic acids is 1. The quantitative estimate of drug-likeness (QED) is 0.625. The maximum absolute atomic E-state index is 12.5. The summed E-state index contributed by atoms with van der Waals surface area (Å²) in [5, 5.41) is 1.17. The summed E-state index contributed by atoms with van der Waals surface area (Å²) in [6.07, 6.45) is -6.50. The van der Waals surface area contributed by atoms with Gasteiger partial charge in [-0.3, -0.25) is 4.79 Å². The molecule has 0 unspecified atom stereocenters. The van der Waals surface area contributed by atoms with Gasteiger partial charge in [-0.1, -0.05) is 15.9 Å². The molecule has 1 amide bonds. The van der Waals surface area contributed by atoms with Gasteiger partial charge in [0.15, 0.2) is 0 Å². The van der Waals surface area contributed by atoms with Gasteiger partial charge in [0, 0.05) is 11.9 Å². The van der Waals surface area contributed by atoms with Crippen molar-refractivity contribution in [1.29, 1.82) is 0 Å². The molecule has 0 fully saturated rings. The largest absolute Gasteiger partial charge is 0.460 e. The molecule has 0 radical (unpaired) electrons. The zero-order chi connectivity index (χ0) is 13.2. The van der Waals surface area contributed by atoms with Gasteiger partial charge >= 0.3 is 18.0 Å². The fourth-order valence-corrected chi connectivity index (χ4v) is 0.791. The van der Waals surface area contributed by atoms with Crippen molar-refractivity contribution in [3.63, 3.8) is 0 Å². The van der Waals surface area contributed by atoms with E-state index in [0.717, 1.165) is 0 Å². The first-order valence-electron chi connectivity index (χ1n) is 3.65. The molecule has 0 aliphatic rings. The molecule has 10 heteroatoms. The Labute approximate surface area is 93.3 Å². The Morgan fingerprint density at radius 1 is 1.06 bits per heavy atom. The summed E-state index contributed by atoms with van der Waals surface area (Å²) >= 11 is 2.67. The summed E-state index contributed by atoms with van der Waals surface area (Å²) in [5.74, 6) is -14.9. The van der Waals surface area contributed by atoms with Gasteiger partial charge < -0.3 is 5.32 Å². The minimum Gasteiger partial charge on any atom is -0.350 e. The summed E-state index contributed by atoms with van der Waals surface area (Å²) in [7, 11) is 0. The van der Waals surface area contributed by atoms with Crippen LogP contribution in [-0.4, -0.2) is 35.8 Å². The number of nitrogens with one attached hydrogen (secondary N) is 1. The van der Waals surface area contributed by atoms with Crippen molar-refractivity contribution in [3.05, 3.63) is 0 Å². The lowest BCUT2D eigenvalue weighted by Gasteiger charge is -2.26. The highest BCUT2D eigenvalue weighted by Crippen LogP contribution is 2.46. The average molecular weight is 320 g/mol. The zero-order valence-electron chi connectivity index (χ0n) is 7.35. The van der Waals surface area contributed by atoms with Crippen LogP contribution in [0.25, 0.3) is 0 Å². The standard InChI is InChI=1S/C6H5BrF7NO/c7-1-2-15-3(16)4(8,9)5(10,11)6(12,13)14/h1-2H2,(H,15,16). The van der Waals surface area contributed by atoms with Gasteiger partial charge in [-0.05, 0) is 0 Å². The number of carbonyl (C=O) groups is 1. The molecule has 0 saturated heterocycles. The van der Waals surface area contributed by atoms with Crippen LogP contribution in [0.4, 0.5) is 30.7 Å². The molecule has 0 spiro atoms. The van der Waals surface area contributed by atoms with E-state index in [-0.39, 0.29) is 5.33 Å². The van der Waals surface area contributed by atoms with Crippen molar-refractivity contribution in [1.82, 2.24) is 5.32 Å². The molecular formula is C6H5BrF7NO. The van der Waals surface area contributed by atoms with Crippen LogP contribution >= 0.6 is 15.9 Å². The first-order valence-corrected chi connectivity index (χ1v) is 4.77. The van der Waals surface area contributed by atoms with Gasteiger partial charge in [-0.25, -0.2) is 0 Å². The fourth-order valence-electron chi connectivity index (χ4n) is 0.592. The Balaban J connectivity index is 4.97. The second kappa shape index (κ2) is 4.76. The number of hydrogen-bond donors (Lipinski definition) is 1. The van der Waals surface area contributed by atoms with Crippen LogP contribution in [0.3, 0.4) is 0 Å². The van der Waals surface area contributed by atoms with Crippen LogP contribution in [0, 0.1) is 0 Å². The summed E-state index contributed by atoms with van der Waals surface area (Å²) in [6, 6.07) is 0. The number of hydrogen-bond acceptors (Lipinski definition) is 1. The molecule has 0 rings (SSSR count). The number of amides is 1. The summed E-state index contributed by atoms with van der Waals surface area (Å²) in [5.41, 5.74) is 0. The van der Waals surface area contributed by atoms with E-state index in [1.165, 1.54) is 5.32 Å². The molecule has 0 bridgehead atoms. The Morgan fingerprint density at radius 3 is 1.81 bits per heavy atom. The Kier molecular flexibility index (Phi) is 4.60. The monoisotopic (exact) mass is 319 g/mol. The minimum absolute atomic E-state index is 0.0631. The Hall–Kier alpha value is -0.540. The third-order valence-electron chi connectivity index (χ3n) is 1.42. The lowest BCUT2D eigenvalue weighted by atomic mass is 10.1. The summed E-state index contributed by atoms with van der Waals surface area (Å²) in [6.45, 7) is -0.498. The molecule has 0 saturated carbocycles. The fraction of sp³-hybridized carbons (Fsp3) is 0.833. The number of halogens is 8. The molecule has 0 heterocycles. The van der Waals surface area contributed by atoms with Gasteiger partial charge in [0.2, 0.25) is 0 Å². The van der Waals surface area contributed by atoms with Crippen molar-refractivity contribution in [3.8, 4) is 0 Å². The van der Waals surface area contributed by atoms with Gasteiger partial charge in [0.1, 0.15) is 0 Å². The van der Waals surface area contributed by atoms with Crippen LogP contribution in [-0.2, 0) is 4.79 Å². The molecule has 1 N–H and O–H groups in total. The molecule has 0 aliphatic carbocycles. The molecule has 0 atom stereocenters. The van der Waals surface area contributed by atoms with Gasteiger partial charge in [0.05, 0.1) is 0 Å². The molecule has 16 heavy (non-hydrogen) atoms. The normalized spacial score (nSPS) is 13.8. The second-order valence-corrected chi connectivity index (χ2v) is 3.38. The highest BCUT2D eigenvalue weighted by molar-refractivity contribution is 9.09. The molecule has 0 aliphatic heterocycles. The third-order valence-corrected chi connectivity index (χ3v) is 1.81. The first-order chi connectivity index (χ1) is 6.98. The maximum atomic E-state index is 12.5. The van der Waals surface area contributed by atoms with E-state index in [0.29, 0.717) is 0 Å². The number of alkyl halides is 8. The van der Waals surface area contributed by atoms with Gasteiger partial charge in [-0.2, -0.15) is 30.7 Å². The highest BCUT2D eigenvalue weighted by atomic mass is 79.9. The smallest absolute Gasteiger partial charge is 0.350 e. The SMILES string of the molecule is O=C(NCCBr)C(F)(F)C(F)(F)C(F)(F)F. The van der Waals surface area contributed by atoms with Crippen LogP contribution in [0.5, 0.6) is 0 Å². The van der Waals surface area contributed by atoms with E-state index in [4.69, 9.17) is 0 Å². The maximum Gasteiger partial charge on any atom is 0.460 e. The molecular weight excluding hydrogens is 315 g/mol. The lowest BCUT2D eigenvalue weighted by Crippen LogP contribution is -2.59. The zero-order valence-corrected chi connectivity index (χ0v) is 8.93. The van der Waals surface area contributed by atoms with Crippen molar-refractivity contribution in [2.24, 2.45) is 0 Å². The summed E-state index contributed by atoms with van der Waals surface area (Å²) in [4.78, 5) is 10.5. The molecule has 0 aromatic carbocycles. The van der Waals surface area contributed by atoms with E-state index in [2.05, 4.69) is 15.9 Å². The van der Waals surface area contributed by atoms with Crippen LogP contribution in [0.15, 0.2) is 0 Å². The molecule has 0 aromatic heterocycles. The van der Waals surface area contributed by atoms with Gasteiger partial charge in [-0.15, -0.1) is 0 Å². The number of rotatable bonds is 4. The van der Waals surface area contributed by atoms with Gasteiger partial charge in [0.25, 0.3) is 5.91 Å². The predicted molar refractivity (Wildman–Crippen MR) is 42.8 cm³/mol. The van der Waals surface area contributed by atoms with E-state index >= 15 is 0 Å². The first kappa shape index (κ1) is 15.5. The molecule has 0 aromatic rings. The minimum atomic E-state index is -6.50. The van der Waals surface area contributed by atoms with Crippen LogP contribution in [0.2, 0.25) is 0 Å². The molecule has 96 valence electrons. The van der Waals surface area contributed by atoms with Crippen molar-refractivity contribution < 1.29 is 35.5 Å². The predicted octanol–water partition coefficient (Wildman–Crippen LogP) is 2.33. The van der Waals surface area contributed by atoms with Crippen molar-refractivity contribution in [2.75, 3.05) is 11.9 Å². The summed E-state index contributed by atoms with van der Waals surface area (Å²) < 4.78 is 84.3. The van der Waals surface area contributed by atoms with E-state index in [9.17, 15) is 35.5 Å². The highest BCUT2D eigenvalue weighted by Gasteiger charge is 2.76. The average Bonchev–Trinajstić information content (AvgIpc) is 2.11. The van der Waals surface area contributed by atoms with Crippen molar-refractivity contribution >= 4 is 21.8 Å². The lowest BCUT2D eigenvalue weighted by molar-refractivity contribution is -0.344. The van der Waals surface area contributed by atoms with Crippen LogP contribution in [0.1, 0.15) is 0 Å².